The van der Waals surface area contributed by atoms with E-state index in [2.05, 4.69) is 54.8 Å². The van der Waals surface area contributed by atoms with Crippen molar-refractivity contribution in [2.75, 3.05) is 0 Å². The molecule has 0 radical (unpaired) electrons. The molecule has 0 fully saturated rings. The third-order valence-electron chi connectivity index (χ3n) is 3.23. The first-order valence-electron chi connectivity index (χ1n) is 6.47. The van der Waals surface area contributed by atoms with Crippen molar-refractivity contribution in [1.29, 1.82) is 0 Å². The Kier molecular flexibility index (Phi) is 3.86. The molecule has 0 aliphatic heterocycles. The Balaban J connectivity index is 2.11. The van der Waals surface area contributed by atoms with E-state index >= 15 is 0 Å². The van der Waals surface area contributed by atoms with Crippen LogP contribution in [-0.4, -0.2) is 9.97 Å². The van der Waals surface area contributed by atoms with Gasteiger partial charge in [0.25, 0.3) is 0 Å². The van der Waals surface area contributed by atoms with E-state index < -0.39 is 0 Å². The number of halogens is 2. The Labute approximate surface area is 152 Å². The Morgan fingerprint density at radius 2 is 1.14 bits per heavy atom. The van der Waals surface area contributed by atoms with Gasteiger partial charge in [0, 0.05) is 8.95 Å². The first-order valence-corrected chi connectivity index (χ1v) is 9.82. The van der Waals surface area contributed by atoms with Gasteiger partial charge in [-0.2, -0.15) is 0 Å². The van der Waals surface area contributed by atoms with E-state index in [-0.39, 0.29) is 0 Å². The fourth-order valence-electron chi connectivity index (χ4n) is 2.24. The smallest absolute Gasteiger partial charge is 0.108 e. The third kappa shape index (κ3) is 2.44. The fraction of sp³-hybridized carbons (Fsp3) is 0. The van der Waals surface area contributed by atoms with E-state index in [0.717, 1.165) is 41.1 Å². The quantitative estimate of drug-likeness (QED) is 0.342. The molecule has 108 valence electrons. The van der Waals surface area contributed by atoms with E-state index in [4.69, 9.17) is 9.97 Å². The number of hydrogen-bond donors (Lipinski definition) is 0. The van der Waals surface area contributed by atoms with E-state index in [9.17, 15) is 0 Å². The summed E-state index contributed by atoms with van der Waals surface area (Å²) in [7, 11) is 0. The molecule has 0 N–H and O–H groups in total. The van der Waals surface area contributed by atoms with Gasteiger partial charge in [-0.1, -0.05) is 12.1 Å². The molecule has 3 aromatic heterocycles. The van der Waals surface area contributed by atoms with E-state index in [1.165, 1.54) is 0 Å². The topological polar surface area (TPSA) is 25.8 Å². The molecule has 0 amide bonds. The summed E-state index contributed by atoms with van der Waals surface area (Å²) in [5.41, 5.74) is 3.61. The molecular weight excluding hydrogens is 444 g/mol. The number of aromatic nitrogens is 2. The second-order valence-corrected chi connectivity index (χ2v) is 8.21. The molecule has 0 aliphatic rings. The number of benzene rings is 1. The molecule has 3 heterocycles. The molecule has 1 aromatic carbocycles. The van der Waals surface area contributed by atoms with Crippen LogP contribution >= 0.6 is 54.5 Å². The van der Waals surface area contributed by atoms with Crippen LogP contribution in [0.5, 0.6) is 0 Å². The Hall–Kier alpha value is -1.08. The lowest BCUT2D eigenvalue weighted by molar-refractivity contribution is 1.30. The molecule has 22 heavy (non-hydrogen) atoms. The lowest BCUT2D eigenvalue weighted by atomic mass is 10.2. The number of thiophene rings is 2. The minimum atomic E-state index is 0.873. The van der Waals surface area contributed by atoms with Gasteiger partial charge < -0.3 is 0 Å². The molecule has 0 unspecified atom stereocenters. The normalized spacial score (nSPS) is 11.2. The largest absolute Gasteiger partial charge is 0.242 e. The van der Waals surface area contributed by atoms with Crippen molar-refractivity contribution >= 4 is 65.6 Å². The molecule has 4 aromatic rings. The minimum absolute atomic E-state index is 0.873. The number of nitrogens with zero attached hydrogens (tertiary/aromatic N) is 2. The molecule has 0 atom stereocenters. The number of hydrogen-bond acceptors (Lipinski definition) is 4. The van der Waals surface area contributed by atoms with Crippen molar-refractivity contribution in [3.63, 3.8) is 0 Å². The molecular formula is C16H8Br2N2S2. The minimum Gasteiger partial charge on any atom is -0.242 e. The molecule has 0 bridgehead atoms. The summed E-state index contributed by atoms with van der Waals surface area (Å²) >= 11 is 10.5. The molecule has 2 nitrogen and oxygen atoms in total. The van der Waals surface area contributed by atoms with Gasteiger partial charge in [-0.15, -0.1) is 22.7 Å². The summed E-state index contributed by atoms with van der Waals surface area (Å²) in [5.74, 6) is 0. The van der Waals surface area contributed by atoms with Crippen LogP contribution in [0.3, 0.4) is 0 Å². The first kappa shape index (κ1) is 14.5. The van der Waals surface area contributed by atoms with Gasteiger partial charge in [-0.25, -0.2) is 9.97 Å². The SMILES string of the molecule is Brc1ccc(Br)c2nc(-c3cccs3)c(-c3cccs3)nc12. The Morgan fingerprint density at radius 1 is 0.682 bits per heavy atom. The molecule has 0 spiro atoms. The lowest BCUT2D eigenvalue weighted by Gasteiger charge is -2.09. The van der Waals surface area contributed by atoms with Gasteiger partial charge in [0.15, 0.2) is 0 Å². The first-order chi connectivity index (χ1) is 10.7. The van der Waals surface area contributed by atoms with E-state index in [0.29, 0.717) is 0 Å². The predicted octanol–water partition coefficient (Wildman–Crippen LogP) is 6.61. The van der Waals surface area contributed by atoms with Crippen molar-refractivity contribution in [1.82, 2.24) is 9.97 Å². The highest BCUT2D eigenvalue weighted by Crippen LogP contribution is 2.38. The number of rotatable bonds is 2. The van der Waals surface area contributed by atoms with E-state index in [1.807, 2.05) is 24.3 Å². The van der Waals surface area contributed by atoms with Crippen molar-refractivity contribution < 1.29 is 0 Å². The van der Waals surface area contributed by atoms with Gasteiger partial charge in [0.1, 0.15) is 22.4 Å². The van der Waals surface area contributed by atoms with Crippen LogP contribution in [-0.2, 0) is 0 Å². The van der Waals surface area contributed by atoms with Gasteiger partial charge >= 0.3 is 0 Å². The maximum absolute atomic E-state index is 4.91. The van der Waals surface area contributed by atoms with Crippen molar-refractivity contribution in [2.45, 2.75) is 0 Å². The second kappa shape index (κ2) is 5.85. The van der Waals surface area contributed by atoms with Crippen LogP contribution in [0.15, 0.2) is 56.1 Å². The monoisotopic (exact) mass is 450 g/mol. The van der Waals surface area contributed by atoms with E-state index in [1.54, 1.807) is 22.7 Å². The standard InChI is InChI=1S/C16H8Br2N2S2/c17-9-5-6-10(18)14-13(9)19-15(11-3-1-7-21-11)16(20-14)12-4-2-8-22-12/h1-8H. The highest BCUT2D eigenvalue weighted by Gasteiger charge is 2.17. The zero-order valence-electron chi connectivity index (χ0n) is 11.1. The maximum atomic E-state index is 4.91. The van der Waals surface area contributed by atoms with Crippen molar-refractivity contribution in [2.24, 2.45) is 0 Å². The van der Waals surface area contributed by atoms with Crippen LogP contribution in [0.4, 0.5) is 0 Å². The predicted molar refractivity (Wildman–Crippen MR) is 102 cm³/mol. The average molecular weight is 452 g/mol. The number of fused-ring (bicyclic) bond motifs is 1. The zero-order valence-corrected chi connectivity index (χ0v) is 15.9. The summed E-state index contributed by atoms with van der Waals surface area (Å²) in [6, 6.07) is 12.2. The Morgan fingerprint density at radius 3 is 1.50 bits per heavy atom. The van der Waals surface area contributed by atoms with Crippen LogP contribution in [0, 0.1) is 0 Å². The molecule has 4 rings (SSSR count). The Bertz CT molecular complexity index is 869. The molecule has 0 aliphatic carbocycles. The van der Waals surface area contributed by atoms with Crippen molar-refractivity contribution in [3.8, 4) is 21.1 Å². The van der Waals surface area contributed by atoms with Gasteiger partial charge in [0.05, 0.1) is 9.75 Å². The van der Waals surface area contributed by atoms with Gasteiger partial charge in [0.2, 0.25) is 0 Å². The van der Waals surface area contributed by atoms with Crippen LogP contribution in [0.25, 0.3) is 32.2 Å². The van der Waals surface area contributed by atoms with Gasteiger partial charge in [-0.05, 0) is 66.9 Å². The van der Waals surface area contributed by atoms with Gasteiger partial charge in [-0.3, -0.25) is 0 Å². The van der Waals surface area contributed by atoms with Crippen LogP contribution < -0.4 is 0 Å². The summed E-state index contributed by atoms with van der Waals surface area (Å²) in [6.45, 7) is 0. The summed E-state index contributed by atoms with van der Waals surface area (Å²) in [4.78, 5) is 12.1. The highest BCUT2D eigenvalue weighted by molar-refractivity contribution is 9.11. The highest BCUT2D eigenvalue weighted by atomic mass is 79.9. The lowest BCUT2D eigenvalue weighted by Crippen LogP contribution is -1.94. The van der Waals surface area contributed by atoms with Crippen LogP contribution in [0.1, 0.15) is 0 Å². The fourth-order valence-corrected chi connectivity index (χ4v) is 4.49. The summed E-state index contributed by atoms with van der Waals surface area (Å²) in [5, 5.41) is 4.13. The average Bonchev–Trinajstić information content (AvgIpc) is 3.22. The third-order valence-corrected chi connectivity index (χ3v) is 6.27. The molecule has 0 saturated carbocycles. The maximum Gasteiger partial charge on any atom is 0.108 e. The second-order valence-electron chi connectivity index (χ2n) is 4.60. The van der Waals surface area contributed by atoms with Crippen LogP contribution in [0.2, 0.25) is 0 Å². The zero-order chi connectivity index (χ0) is 15.1. The molecule has 0 saturated heterocycles. The molecule has 6 heteroatoms. The summed E-state index contributed by atoms with van der Waals surface area (Å²) < 4.78 is 1.91. The summed E-state index contributed by atoms with van der Waals surface area (Å²) in [6.07, 6.45) is 0. The van der Waals surface area contributed by atoms with Crippen molar-refractivity contribution in [3.05, 3.63) is 56.1 Å².